The van der Waals surface area contributed by atoms with Gasteiger partial charge in [0.2, 0.25) is 0 Å². The molecular weight excluding hydrogens is 488 g/mol. The molecule has 0 N–H and O–H groups in total. The lowest BCUT2D eigenvalue weighted by atomic mass is 10.0. The van der Waals surface area contributed by atoms with Crippen molar-refractivity contribution in [2.24, 2.45) is 0 Å². The van der Waals surface area contributed by atoms with Gasteiger partial charge in [-0.3, -0.25) is 8.37 Å². The number of benzene rings is 2. The first kappa shape index (κ1) is 26.1. The maximum atomic E-state index is 12.1. The van der Waals surface area contributed by atoms with E-state index in [1.54, 1.807) is 0 Å². The fourth-order valence-corrected chi connectivity index (χ4v) is 5.84. The van der Waals surface area contributed by atoms with Gasteiger partial charge in [-0.25, -0.2) is 0 Å². The molecule has 0 saturated carbocycles. The Hall–Kier alpha value is -1.47. The molecule has 182 valence electrons. The van der Waals surface area contributed by atoms with E-state index in [0.717, 1.165) is 23.6 Å². The Bertz CT molecular complexity index is 988. The van der Waals surface area contributed by atoms with Crippen molar-refractivity contribution in [3.8, 4) is 0 Å². The average Bonchev–Trinajstić information content (AvgIpc) is 2.89. The average molecular weight is 517 g/mol. The summed E-state index contributed by atoms with van der Waals surface area (Å²) in [4.78, 5) is 0. The first-order valence-corrected chi connectivity index (χ1v) is 15.0. The topological polar surface area (TPSA) is 105 Å². The van der Waals surface area contributed by atoms with Crippen LogP contribution in [0, 0.1) is 0 Å². The van der Waals surface area contributed by atoms with Crippen LogP contribution in [0.4, 0.5) is 0 Å². The third-order valence-electron chi connectivity index (χ3n) is 4.81. The van der Waals surface area contributed by atoms with Crippen molar-refractivity contribution in [2.75, 3.05) is 24.0 Å². The molecule has 1 heterocycles. The van der Waals surface area contributed by atoms with Crippen LogP contribution in [0.15, 0.2) is 60.7 Å². The molecule has 3 rings (SSSR count). The number of ether oxygens (including phenoxy) is 2. The molecule has 0 unspecified atom stereocenters. The lowest BCUT2D eigenvalue weighted by Crippen LogP contribution is -2.50. The van der Waals surface area contributed by atoms with Gasteiger partial charge in [0, 0.05) is 11.5 Å². The van der Waals surface area contributed by atoms with Gasteiger partial charge in [0.1, 0.15) is 12.2 Å². The van der Waals surface area contributed by atoms with Crippen molar-refractivity contribution in [1.82, 2.24) is 0 Å². The molecule has 1 aliphatic rings. The summed E-state index contributed by atoms with van der Waals surface area (Å²) in [5.74, 6) is 0.754. The minimum Gasteiger partial charge on any atom is -0.370 e. The Morgan fingerprint density at radius 1 is 0.697 bits per heavy atom. The van der Waals surface area contributed by atoms with Gasteiger partial charge in [0.05, 0.1) is 37.9 Å². The molecule has 0 spiro atoms. The number of rotatable bonds is 10. The van der Waals surface area contributed by atoms with E-state index in [2.05, 4.69) is 0 Å². The van der Waals surface area contributed by atoms with E-state index in [-0.39, 0.29) is 13.2 Å². The summed E-state index contributed by atoms with van der Waals surface area (Å²) in [5, 5.41) is 0. The predicted molar refractivity (Wildman–Crippen MR) is 127 cm³/mol. The molecule has 2 aromatic carbocycles. The summed E-state index contributed by atoms with van der Waals surface area (Å²) in [6.45, 7) is 0.410. The van der Waals surface area contributed by atoms with Gasteiger partial charge in [-0.15, -0.1) is 0 Å². The van der Waals surface area contributed by atoms with E-state index in [4.69, 9.17) is 17.8 Å². The van der Waals surface area contributed by atoms with Crippen molar-refractivity contribution in [1.29, 1.82) is 0 Å². The Morgan fingerprint density at radius 3 is 1.39 bits per heavy atom. The maximum Gasteiger partial charge on any atom is 0.264 e. The Labute approximate surface area is 199 Å². The highest BCUT2D eigenvalue weighted by atomic mass is 32.2. The molecule has 0 amide bonds. The molecule has 0 aromatic heterocycles. The lowest BCUT2D eigenvalue weighted by molar-refractivity contribution is -0.106. The van der Waals surface area contributed by atoms with E-state index in [0.29, 0.717) is 11.5 Å². The Morgan fingerprint density at radius 2 is 1.06 bits per heavy atom. The van der Waals surface area contributed by atoms with Gasteiger partial charge in [-0.1, -0.05) is 60.7 Å². The number of hydrogen-bond acceptors (Lipinski definition) is 9. The van der Waals surface area contributed by atoms with Gasteiger partial charge < -0.3 is 9.47 Å². The molecule has 0 bridgehead atoms. The highest BCUT2D eigenvalue weighted by Gasteiger charge is 2.44. The first-order chi connectivity index (χ1) is 15.6. The predicted octanol–water partition coefficient (Wildman–Crippen LogP) is 2.59. The van der Waals surface area contributed by atoms with Crippen molar-refractivity contribution in [3.05, 3.63) is 71.8 Å². The number of thioether (sulfide) groups is 1. The van der Waals surface area contributed by atoms with E-state index in [1.807, 2.05) is 60.7 Å². The highest BCUT2D eigenvalue weighted by Crippen LogP contribution is 2.30. The molecule has 1 saturated heterocycles. The standard InChI is InChI=1S/C22H28O8S3/c1-32(23,24)29-21-19(27-13-17-9-5-3-6-10-17)15-31-16-20(22(21)30-33(2,25)26)28-14-18-11-7-4-8-12-18/h3-12,19-22H,13-16H2,1-2H3/t19-,20-,21-,22-/m1/s1. The molecule has 0 aliphatic carbocycles. The summed E-state index contributed by atoms with van der Waals surface area (Å²) < 4.78 is 71.2. The summed E-state index contributed by atoms with van der Waals surface area (Å²) >= 11 is 1.46. The SMILES string of the molecule is CS(=O)(=O)O[C@H]1[C@H](OS(C)(=O)=O)[C@H](OCc2ccccc2)CSC[C@H]1OCc1ccccc1. The summed E-state index contributed by atoms with van der Waals surface area (Å²) in [7, 11) is -7.91. The van der Waals surface area contributed by atoms with Gasteiger partial charge in [-0.05, 0) is 11.1 Å². The Kier molecular flexibility index (Phi) is 9.34. The number of hydrogen-bond donors (Lipinski definition) is 0. The molecule has 2 aromatic rings. The van der Waals surface area contributed by atoms with E-state index in [9.17, 15) is 16.8 Å². The van der Waals surface area contributed by atoms with Gasteiger partial charge in [-0.2, -0.15) is 28.6 Å². The highest BCUT2D eigenvalue weighted by molar-refractivity contribution is 7.99. The van der Waals surface area contributed by atoms with Gasteiger partial charge >= 0.3 is 0 Å². The molecule has 4 atom stereocenters. The van der Waals surface area contributed by atoms with Crippen LogP contribution in [0.2, 0.25) is 0 Å². The summed E-state index contributed by atoms with van der Waals surface area (Å²) in [6, 6.07) is 18.8. The van der Waals surface area contributed by atoms with E-state index >= 15 is 0 Å². The smallest absolute Gasteiger partial charge is 0.264 e. The van der Waals surface area contributed by atoms with Crippen molar-refractivity contribution in [2.45, 2.75) is 37.6 Å². The van der Waals surface area contributed by atoms with Crippen molar-refractivity contribution >= 4 is 32.0 Å². The zero-order chi connectivity index (χ0) is 23.9. The third-order valence-corrected chi connectivity index (χ3v) is 7.08. The quantitative estimate of drug-likeness (QED) is 0.441. The van der Waals surface area contributed by atoms with Crippen LogP contribution in [0.5, 0.6) is 0 Å². The molecule has 1 aliphatic heterocycles. The second-order valence-electron chi connectivity index (χ2n) is 7.74. The fourth-order valence-electron chi connectivity index (χ4n) is 3.39. The summed E-state index contributed by atoms with van der Waals surface area (Å²) in [6.07, 6.45) is -2.10. The van der Waals surface area contributed by atoms with E-state index < -0.39 is 44.7 Å². The summed E-state index contributed by atoms with van der Waals surface area (Å²) in [5.41, 5.74) is 1.78. The fraction of sp³-hybridized carbons (Fsp3) is 0.455. The second-order valence-corrected chi connectivity index (χ2v) is 12.0. The molecule has 11 heteroatoms. The van der Waals surface area contributed by atoms with Crippen LogP contribution in [0.3, 0.4) is 0 Å². The zero-order valence-electron chi connectivity index (χ0n) is 18.4. The Balaban J connectivity index is 1.86. The molecule has 0 radical (unpaired) electrons. The second kappa shape index (κ2) is 11.8. The monoisotopic (exact) mass is 516 g/mol. The first-order valence-electron chi connectivity index (χ1n) is 10.3. The molecule has 33 heavy (non-hydrogen) atoms. The minimum atomic E-state index is -3.95. The molecule has 1 fully saturated rings. The van der Waals surface area contributed by atoms with Crippen LogP contribution in [-0.4, -0.2) is 65.3 Å². The minimum absolute atomic E-state index is 0.205. The van der Waals surface area contributed by atoms with E-state index in [1.165, 1.54) is 11.8 Å². The largest absolute Gasteiger partial charge is 0.370 e. The van der Waals surface area contributed by atoms with Crippen LogP contribution in [-0.2, 0) is 51.3 Å². The molecule has 8 nitrogen and oxygen atoms in total. The zero-order valence-corrected chi connectivity index (χ0v) is 20.9. The van der Waals surface area contributed by atoms with Gasteiger partial charge in [0.25, 0.3) is 20.2 Å². The van der Waals surface area contributed by atoms with Crippen molar-refractivity contribution in [3.63, 3.8) is 0 Å². The van der Waals surface area contributed by atoms with Crippen LogP contribution < -0.4 is 0 Å². The van der Waals surface area contributed by atoms with Crippen LogP contribution in [0.25, 0.3) is 0 Å². The van der Waals surface area contributed by atoms with Crippen LogP contribution >= 0.6 is 11.8 Å². The molecular formula is C22H28O8S3. The van der Waals surface area contributed by atoms with Crippen molar-refractivity contribution < 1.29 is 34.7 Å². The van der Waals surface area contributed by atoms with Gasteiger partial charge in [0.15, 0.2) is 0 Å². The van der Waals surface area contributed by atoms with Crippen LogP contribution in [0.1, 0.15) is 11.1 Å². The normalized spacial score (nSPS) is 24.3. The lowest BCUT2D eigenvalue weighted by Gasteiger charge is -2.32. The maximum absolute atomic E-state index is 12.1. The third kappa shape index (κ3) is 9.01.